The molecule has 1 heterocycles. The molecule has 1 rings (SSSR count). The molecule has 0 saturated carbocycles. The van der Waals surface area contributed by atoms with Gasteiger partial charge in [0.05, 0.1) is 0 Å². The third-order valence-corrected chi connectivity index (χ3v) is 1.61. The summed E-state index contributed by atoms with van der Waals surface area (Å²) in [5.74, 6) is 0.930. The average molecular weight is 129 g/mol. The van der Waals surface area contributed by atoms with Gasteiger partial charge in [-0.2, -0.15) is 5.10 Å². The van der Waals surface area contributed by atoms with Crippen molar-refractivity contribution >= 4 is 23.1 Å². The lowest BCUT2D eigenvalue weighted by atomic mass is 10.9. The van der Waals surface area contributed by atoms with Crippen LogP contribution in [0.2, 0.25) is 0 Å². The fourth-order valence-corrected chi connectivity index (χ4v) is 0.954. The smallest absolute Gasteiger partial charge is 0.177 e. The largest absolute Gasteiger partial charge is 0.265 e. The molecule has 8 heavy (non-hydrogen) atoms. The van der Waals surface area contributed by atoms with E-state index in [2.05, 4.69) is 15.5 Å². The highest BCUT2D eigenvalue weighted by atomic mass is 32.2. The zero-order valence-corrected chi connectivity index (χ0v) is 5.40. The monoisotopic (exact) mass is 129 g/mol. The maximum Gasteiger partial charge on any atom is 0.177 e. The Labute approximate surface area is 52.3 Å². The lowest BCUT2D eigenvalue weighted by molar-refractivity contribution is 1.04. The van der Waals surface area contributed by atoms with E-state index in [-0.39, 0.29) is 0 Å². The molecule has 0 fully saturated rings. The fraction of sp³-hybridized carbons (Fsp3) is 0.500. The van der Waals surface area contributed by atoms with Gasteiger partial charge in [-0.3, -0.25) is 10.4 Å². The highest BCUT2D eigenvalue weighted by molar-refractivity contribution is 8.14. The van der Waals surface area contributed by atoms with Crippen molar-refractivity contribution in [1.29, 1.82) is 0 Å². The molecule has 0 aromatic heterocycles. The lowest BCUT2D eigenvalue weighted by Crippen LogP contribution is -2.18. The van der Waals surface area contributed by atoms with Crippen LogP contribution in [0.15, 0.2) is 10.1 Å². The van der Waals surface area contributed by atoms with Gasteiger partial charge >= 0.3 is 0 Å². The van der Waals surface area contributed by atoms with Crippen molar-refractivity contribution in [2.24, 2.45) is 10.1 Å². The van der Waals surface area contributed by atoms with Crippen molar-refractivity contribution in [2.75, 3.05) is 12.8 Å². The summed E-state index contributed by atoms with van der Waals surface area (Å²) in [4.78, 5) is 3.90. The van der Waals surface area contributed by atoms with E-state index in [0.717, 1.165) is 10.9 Å². The molecule has 4 heteroatoms. The summed E-state index contributed by atoms with van der Waals surface area (Å²) < 4.78 is 0. The predicted octanol–water partition coefficient (Wildman–Crippen LogP) is 0.294. The van der Waals surface area contributed by atoms with Gasteiger partial charge in [0, 0.05) is 19.0 Å². The zero-order chi connectivity index (χ0) is 5.82. The molecule has 0 aliphatic carbocycles. The summed E-state index contributed by atoms with van der Waals surface area (Å²) in [6, 6.07) is 0. The summed E-state index contributed by atoms with van der Waals surface area (Å²) >= 11 is 1.65. The number of rotatable bonds is 0. The Balaban J connectivity index is 2.50. The number of hydrazone groups is 1. The van der Waals surface area contributed by atoms with Gasteiger partial charge in [0.2, 0.25) is 0 Å². The number of nitrogens with one attached hydrogen (secondary N) is 1. The van der Waals surface area contributed by atoms with Crippen LogP contribution in [0.3, 0.4) is 0 Å². The molecular formula is C4H7N3S. The van der Waals surface area contributed by atoms with Crippen LogP contribution in [0.4, 0.5) is 0 Å². The van der Waals surface area contributed by atoms with Gasteiger partial charge < -0.3 is 0 Å². The molecule has 0 saturated heterocycles. The summed E-state index contributed by atoms with van der Waals surface area (Å²) in [6.07, 6.45) is 1.82. The molecule has 0 aromatic carbocycles. The van der Waals surface area contributed by atoms with Crippen LogP contribution in [0.5, 0.6) is 0 Å². The van der Waals surface area contributed by atoms with E-state index < -0.39 is 0 Å². The minimum Gasteiger partial charge on any atom is -0.265 e. The number of nitrogens with zero attached hydrogens (tertiary/aromatic N) is 2. The van der Waals surface area contributed by atoms with Crippen molar-refractivity contribution in [3.63, 3.8) is 0 Å². The van der Waals surface area contributed by atoms with E-state index in [1.807, 2.05) is 6.21 Å². The highest BCUT2D eigenvalue weighted by Gasteiger charge is 1.98. The summed E-state index contributed by atoms with van der Waals surface area (Å²) in [6.45, 7) is 0. The van der Waals surface area contributed by atoms with Crippen molar-refractivity contribution < 1.29 is 0 Å². The Morgan fingerprint density at radius 2 is 2.88 bits per heavy atom. The molecule has 1 aliphatic rings. The van der Waals surface area contributed by atoms with Crippen LogP contribution in [-0.4, -0.2) is 24.2 Å². The third kappa shape index (κ3) is 1.23. The van der Waals surface area contributed by atoms with Crippen LogP contribution in [0.25, 0.3) is 0 Å². The van der Waals surface area contributed by atoms with E-state index in [1.54, 1.807) is 18.8 Å². The third-order valence-electron chi connectivity index (χ3n) is 0.749. The van der Waals surface area contributed by atoms with Crippen molar-refractivity contribution in [2.45, 2.75) is 0 Å². The minimum absolute atomic E-state index is 0.896. The molecule has 44 valence electrons. The Morgan fingerprint density at radius 1 is 2.00 bits per heavy atom. The van der Waals surface area contributed by atoms with Gasteiger partial charge in [-0.15, -0.1) is 0 Å². The quantitative estimate of drug-likeness (QED) is 0.510. The molecule has 0 amide bonds. The minimum atomic E-state index is 0.896. The van der Waals surface area contributed by atoms with Crippen molar-refractivity contribution in [1.82, 2.24) is 5.43 Å². The van der Waals surface area contributed by atoms with E-state index in [1.165, 1.54) is 0 Å². The lowest BCUT2D eigenvalue weighted by Gasteiger charge is -2.05. The zero-order valence-electron chi connectivity index (χ0n) is 4.59. The van der Waals surface area contributed by atoms with Crippen LogP contribution < -0.4 is 5.43 Å². The molecule has 1 aliphatic heterocycles. The summed E-state index contributed by atoms with van der Waals surface area (Å²) in [5, 5.41) is 4.70. The molecular weight excluding hydrogens is 122 g/mol. The molecule has 3 nitrogen and oxygen atoms in total. The predicted molar refractivity (Wildman–Crippen MR) is 37.4 cm³/mol. The number of hydrogen-bond acceptors (Lipinski definition) is 3. The van der Waals surface area contributed by atoms with Gasteiger partial charge in [0.15, 0.2) is 5.17 Å². The van der Waals surface area contributed by atoms with E-state index in [0.29, 0.717) is 0 Å². The Morgan fingerprint density at radius 3 is 3.25 bits per heavy atom. The van der Waals surface area contributed by atoms with Gasteiger partial charge in [0.1, 0.15) is 0 Å². The van der Waals surface area contributed by atoms with Crippen LogP contribution >= 0.6 is 11.8 Å². The highest BCUT2D eigenvalue weighted by Crippen LogP contribution is 2.01. The van der Waals surface area contributed by atoms with E-state index >= 15 is 0 Å². The molecule has 0 spiro atoms. The van der Waals surface area contributed by atoms with E-state index in [4.69, 9.17) is 0 Å². The van der Waals surface area contributed by atoms with E-state index in [9.17, 15) is 0 Å². The van der Waals surface area contributed by atoms with Crippen molar-refractivity contribution in [3.8, 4) is 0 Å². The first kappa shape index (κ1) is 5.62. The first-order valence-corrected chi connectivity index (χ1v) is 3.29. The maximum atomic E-state index is 3.90. The SMILES string of the molecule is CN=C1NN=CCS1. The Kier molecular flexibility index (Phi) is 1.91. The number of amidine groups is 1. The Bertz CT molecular complexity index is 129. The normalized spacial score (nSPS) is 23.4. The van der Waals surface area contributed by atoms with Gasteiger partial charge in [-0.25, -0.2) is 0 Å². The second-order valence-electron chi connectivity index (χ2n) is 1.26. The van der Waals surface area contributed by atoms with Crippen molar-refractivity contribution in [3.05, 3.63) is 0 Å². The first-order chi connectivity index (χ1) is 3.93. The molecule has 0 bridgehead atoms. The van der Waals surface area contributed by atoms with Crippen LogP contribution in [0.1, 0.15) is 0 Å². The second-order valence-corrected chi connectivity index (χ2v) is 2.27. The Hall–Kier alpha value is -0.510. The van der Waals surface area contributed by atoms with Gasteiger partial charge in [0.25, 0.3) is 0 Å². The molecule has 0 aromatic rings. The summed E-state index contributed by atoms with van der Waals surface area (Å²) in [5.41, 5.74) is 2.75. The fourth-order valence-electron chi connectivity index (χ4n) is 0.401. The standard InChI is InChI=1S/C4H7N3S/c1-5-4-7-6-2-3-8-4/h2H,3H2,1H3,(H,5,7). The molecule has 0 unspecified atom stereocenters. The topological polar surface area (TPSA) is 36.8 Å². The number of hydrogen-bond donors (Lipinski definition) is 1. The number of thioether (sulfide) groups is 1. The van der Waals surface area contributed by atoms with Gasteiger partial charge in [-0.1, -0.05) is 11.8 Å². The van der Waals surface area contributed by atoms with Crippen LogP contribution in [0, 0.1) is 0 Å². The first-order valence-electron chi connectivity index (χ1n) is 2.30. The molecule has 0 radical (unpaired) electrons. The number of aliphatic imine (C=N–C) groups is 1. The van der Waals surface area contributed by atoms with Gasteiger partial charge in [-0.05, 0) is 0 Å². The second kappa shape index (κ2) is 2.71. The average Bonchev–Trinajstić information content (AvgIpc) is 1.90. The molecule has 1 N–H and O–H groups in total. The summed E-state index contributed by atoms with van der Waals surface area (Å²) in [7, 11) is 1.75. The molecule has 0 atom stereocenters. The van der Waals surface area contributed by atoms with Crippen LogP contribution in [-0.2, 0) is 0 Å². The maximum absolute atomic E-state index is 3.90.